The first-order chi connectivity index (χ1) is 33.6. The number of esters is 2. The number of rotatable bonds is 50. The van der Waals surface area contributed by atoms with Crippen molar-refractivity contribution in [1.29, 1.82) is 0 Å². The van der Waals surface area contributed by atoms with E-state index in [0.29, 0.717) is 83.3 Å². The van der Waals surface area contributed by atoms with Crippen molar-refractivity contribution in [3.05, 3.63) is 0 Å². The van der Waals surface area contributed by atoms with Gasteiger partial charge in [0.15, 0.2) is 0 Å². The molecule has 2 unspecified atom stereocenters. The van der Waals surface area contributed by atoms with Gasteiger partial charge in [0.25, 0.3) is 0 Å². The third kappa shape index (κ3) is 37.9. The van der Waals surface area contributed by atoms with E-state index in [-0.39, 0.29) is 25.0 Å². The average Bonchev–Trinajstić information content (AvgIpc) is 3.33. The first kappa shape index (κ1) is 65.6. The van der Waals surface area contributed by atoms with Crippen LogP contribution in [0.2, 0.25) is 0 Å². The monoisotopic (exact) mass is 987 g/mol. The second-order valence-corrected chi connectivity index (χ2v) is 21.5. The van der Waals surface area contributed by atoms with Crippen LogP contribution in [-0.2, 0) is 19.1 Å². The van der Waals surface area contributed by atoms with Gasteiger partial charge in [-0.25, -0.2) is 0 Å². The molecule has 0 aromatic rings. The molecular formula is C59H113F3N2O5. The van der Waals surface area contributed by atoms with Crippen LogP contribution in [0.4, 0.5) is 13.2 Å². The van der Waals surface area contributed by atoms with Crippen molar-refractivity contribution in [3.63, 3.8) is 0 Å². The van der Waals surface area contributed by atoms with Crippen molar-refractivity contribution in [2.45, 2.75) is 297 Å². The van der Waals surface area contributed by atoms with Gasteiger partial charge in [-0.05, 0) is 89.1 Å². The van der Waals surface area contributed by atoms with Crippen molar-refractivity contribution < 1.29 is 37.3 Å². The Labute approximate surface area is 424 Å². The number of hydrogen-bond acceptors (Lipinski definition) is 7. The number of hydrogen-bond donors (Lipinski definition) is 1. The molecule has 2 atom stereocenters. The molecule has 0 aromatic heterocycles. The number of halogens is 3. The Bertz CT molecular complexity index is 1110. The molecule has 1 aliphatic carbocycles. The van der Waals surface area contributed by atoms with E-state index in [9.17, 15) is 27.9 Å². The number of ether oxygens (including phenoxy) is 2. The zero-order chi connectivity index (χ0) is 50.5. The summed E-state index contributed by atoms with van der Waals surface area (Å²) in [5.74, 6) is -0.704. The van der Waals surface area contributed by atoms with E-state index in [1.54, 1.807) is 0 Å². The Morgan fingerprint density at radius 2 is 0.855 bits per heavy atom. The standard InChI is InChI=1S/C59H113F3N2O5/c1-5-9-13-17-21-27-37-53(38-28-22-18-14-10-6-2)51-68-57(66)43-31-25-35-45-63(49-50-65)47-48-64(56-42-34-33-41-55(56)59(60,61)62)46-36-26-32-44-58(67)69-52-54(39-29-23-19-15-11-7-3)40-30-24-20-16-12-8-4/h53-56,65H,5-52H2,1-4H3. The van der Waals surface area contributed by atoms with Crippen LogP contribution in [0.15, 0.2) is 0 Å². The third-order valence-corrected chi connectivity index (χ3v) is 15.2. The molecule has 1 aliphatic rings. The number of alkyl halides is 3. The first-order valence-corrected chi connectivity index (χ1v) is 30.0. The summed E-state index contributed by atoms with van der Waals surface area (Å²) >= 11 is 0. The summed E-state index contributed by atoms with van der Waals surface area (Å²) < 4.78 is 55.0. The lowest BCUT2D eigenvalue weighted by Crippen LogP contribution is -2.50. The van der Waals surface area contributed by atoms with Gasteiger partial charge < -0.3 is 14.6 Å². The Morgan fingerprint density at radius 1 is 0.478 bits per heavy atom. The molecule has 0 saturated heterocycles. The first-order valence-electron chi connectivity index (χ1n) is 30.0. The fourth-order valence-corrected chi connectivity index (χ4v) is 10.7. The highest BCUT2D eigenvalue weighted by molar-refractivity contribution is 5.69. The second-order valence-electron chi connectivity index (χ2n) is 21.5. The second kappa shape index (κ2) is 46.4. The number of unbranched alkanes of at least 4 members (excludes halogenated alkanes) is 24. The highest BCUT2D eigenvalue weighted by atomic mass is 19.4. The van der Waals surface area contributed by atoms with Gasteiger partial charge in [0.2, 0.25) is 0 Å². The van der Waals surface area contributed by atoms with Crippen molar-refractivity contribution in [3.8, 4) is 0 Å². The highest BCUT2D eigenvalue weighted by Gasteiger charge is 2.47. The van der Waals surface area contributed by atoms with Gasteiger partial charge in [-0.3, -0.25) is 19.4 Å². The van der Waals surface area contributed by atoms with Crippen molar-refractivity contribution in [1.82, 2.24) is 9.80 Å². The summed E-state index contributed by atoms with van der Waals surface area (Å²) in [5, 5.41) is 9.94. The molecule has 1 fully saturated rings. The van der Waals surface area contributed by atoms with E-state index in [4.69, 9.17) is 9.47 Å². The number of nitrogens with zero attached hydrogens (tertiary/aromatic N) is 2. The van der Waals surface area contributed by atoms with E-state index in [0.717, 1.165) is 70.8 Å². The minimum atomic E-state index is -4.23. The maximum absolute atomic E-state index is 14.4. The summed E-state index contributed by atoms with van der Waals surface area (Å²) in [6, 6.07) is -0.544. The van der Waals surface area contributed by atoms with Gasteiger partial charge >= 0.3 is 18.1 Å². The van der Waals surface area contributed by atoms with Crippen molar-refractivity contribution >= 4 is 11.9 Å². The van der Waals surface area contributed by atoms with Gasteiger partial charge in [-0.1, -0.05) is 207 Å². The molecular weight excluding hydrogens is 874 g/mol. The van der Waals surface area contributed by atoms with Gasteiger partial charge in [0.1, 0.15) is 0 Å². The molecule has 1 N–H and O–H groups in total. The number of carbonyl (C=O) groups excluding carboxylic acids is 2. The Kier molecular flexibility index (Phi) is 44.1. The zero-order valence-electron chi connectivity index (χ0n) is 45.9. The largest absolute Gasteiger partial charge is 0.465 e. The van der Waals surface area contributed by atoms with Gasteiger partial charge in [-0.2, -0.15) is 13.2 Å². The zero-order valence-corrected chi connectivity index (χ0v) is 45.9. The summed E-state index contributed by atoms with van der Waals surface area (Å²) in [5.41, 5.74) is 0. The van der Waals surface area contributed by atoms with Crippen LogP contribution in [0, 0.1) is 17.8 Å². The lowest BCUT2D eigenvalue weighted by Gasteiger charge is -2.41. The van der Waals surface area contributed by atoms with Crippen LogP contribution in [0.3, 0.4) is 0 Å². The average molecular weight is 988 g/mol. The van der Waals surface area contributed by atoms with Crippen LogP contribution >= 0.6 is 0 Å². The maximum Gasteiger partial charge on any atom is 0.393 e. The molecule has 7 nitrogen and oxygen atoms in total. The molecule has 0 heterocycles. The van der Waals surface area contributed by atoms with E-state index >= 15 is 0 Å². The minimum absolute atomic E-state index is 0.00544. The summed E-state index contributed by atoms with van der Waals surface area (Å²) in [7, 11) is 0. The minimum Gasteiger partial charge on any atom is -0.465 e. The van der Waals surface area contributed by atoms with Crippen LogP contribution in [0.1, 0.15) is 285 Å². The lowest BCUT2D eigenvalue weighted by atomic mass is 9.82. The number of aliphatic hydroxyl groups excluding tert-OH is 1. The van der Waals surface area contributed by atoms with Crippen LogP contribution in [0.25, 0.3) is 0 Å². The fourth-order valence-electron chi connectivity index (χ4n) is 10.7. The number of carbonyl (C=O) groups is 2. The van der Waals surface area contributed by atoms with Crippen LogP contribution in [-0.4, -0.2) is 91.6 Å². The normalized spacial score (nSPS) is 15.6. The van der Waals surface area contributed by atoms with Crippen LogP contribution in [0.5, 0.6) is 0 Å². The molecule has 0 bridgehead atoms. The topological polar surface area (TPSA) is 79.3 Å². The maximum atomic E-state index is 14.4. The van der Waals surface area contributed by atoms with E-state index in [1.165, 1.54) is 154 Å². The fraction of sp³-hybridized carbons (Fsp3) is 0.966. The molecule has 0 radical (unpaired) electrons. The number of aliphatic hydroxyl groups is 1. The third-order valence-electron chi connectivity index (χ3n) is 15.2. The molecule has 0 aromatic carbocycles. The van der Waals surface area contributed by atoms with Crippen molar-refractivity contribution in [2.24, 2.45) is 17.8 Å². The molecule has 0 amide bonds. The Hall–Kier alpha value is -1.39. The smallest absolute Gasteiger partial charge is 0.393 e. The summed E-state index contributed by atoms with van der Waals surface area (Å²) in [6.45, 7) is 12.9. The summed E-state index contributed by atoms with van der Waals surface area (Å²) in [4.78, 5) is 30.0. The molecule has 1 rings (SSSR count). The molecule has 1 saturated carbocycles. The quantitative estimate of drug-likeness (QED) is 0.0480. The Balaban J connectivity index is 2.64. The van der Waals surface area contributed by atoms with Gasteiger partial charge in [0.05, 0.1) is 25.7 Å². The molecule has 69 heavy (non-hydrogen) atoms. The molecule has 0 spiro atoms. The SMILES string of the molecule is CCCCCCCCC(CCCCCCCC)COC(=O)CCCCCN(CCO)CCN(CCCCCC(=O)OCC(CCCCCCCC)CCCCCCCC)C1CCCCC1C(F)(F)F. The predicted molar refractivity (Wildman–Crippen MR) is 285 cm³/mol. The molecule has 10 heteroatoms. The lowest BCUT2D eigenvalue weighted by molar-refractivity contribution is -0.199. The molecule has 410 valence electrons. The molecule has 0 aliphatic heterocycles. The Morgan fingerprint density at radius 3 is 1.26 bits per heavy atom. The summed E-state index contributed by atoms with van der Waals surface area (Å²) in [6.07, 6.45) is 38.3. The highest BCUT2D eigenvalue weighted by Crippen LogP contribution is 2.40. The van der Waals surface area contributed by atoms with Gasteiger partial charge in [-0.15, -0.1) is 0 Å². The van der Waals surface area contributed by atoms with Crippen molar-refractivity contribution in [2.75, 3.05) is 52.5 Å². The van der Waals surface area contributed by atoms with E-state index in [2.05, 4.69) is 37.5 Å². The predicted octanol–water partition coefficient (Wildman–Crippen LogP) is 17.1. The van der Waals surface area contributed by atoms with Crippen LogP contribution < -0.4 is 0 Å². The van der Waals surface area contributed by atoms with Gasteiger partial charge in [0, 0.05) is 38.5 Å². The van der Waals surface area contributed by atoms with E-state index in [1.807, 2.05) is 0 Å². The van der Waals surface area contributed by atoms with E-state index < -0.39 is 18.1 Å².